The van der Waals surface area contributed by atoms with Crippen molar-refractivity contribution >= 4 is 33.2 Å². The molecule has 0 aliphatic rings. The first-order valence-electron chi connectivity index (χ1n) is 5.61. The number of fused-ring (bicyclic) bond motifs is 1. The maximum atomic E-state index is 13.4. The van der Waals surface area contributed by atoms with Crippen LogP contribution in [0.15, 0.2) is 29.6 Å². The van der Waals surface area contributed by atoms with Gasteiger partial charge in [0, 0.05) is 11.5 Å². The molecule has 7 heteroatoms. The molecule has 20 heavy (non-hydrogen) atoms. The van der Waals surface area contributed by atoms with E-state index in [2.05, 4.69) is 9.97 Å². The molecule has 102 valence electrons. The Kier molecular flexibility index (Phi) is 3.50. The van der Waals surface area contributed by atoms with E-state index in [9.17, 15) is 8.78 Å². The minimum atomic E-state index is -0.770. The molecule has 2 aromatic heterocycles. The van der Waals surface area contributed by atoms with Gasteiger partial charge in [-0.05, 0) is 23.6 Å². The van der Waals surface area contributed by atoms with Crippen LogP contribution in [-0.4, -0.2) is 9.97 Å². The van der Waals surface area contributed by atoms with Crippen molar-refractivity contribution in [2.75, 3.05) is 0 Å². The molecule has 3 nitrogen and oxygen atoms in total. The first-order valence-corrected chi connectivity index (χ1v) is 6.87. The summed E-state index contributed by atoms with van der Waals surface area (Å²) in [6.45, 7) is -0.0455. The van der Waals surface area contributed by atoms with E-state index < -0.39 is 11.6 Å². The van der Waals surface area contributed by atoms with Crippen LogP contribution >= 0.6 is 22.9 Å². The second-order valence-corrected chi connectivity index (χ2v) is 5.19. The molecular formula is C13H7ClF2N2OS. The van der Waals surface area contributed by atoms with Crippen molar-refractivity contribution in [2.24, 2.45) is 0 Å². The lowest BCUT2D eigenvalue weighted by atomic mass is 10.3. The zero-order valence-electron chi connectivity index (χ0n) is 9.94. The van der Waals surface area contributed by atoms with Gasteiger partial charge in [-0.1, -0.05) is 11.6 Å². The summed E-state index contributed by atoms with van der Waals surface area (Å²) in [6, 6.07) is 4.92. The van der Waals surface area contributed by atoms with Crippen molar-refractivity contribution < 1.29 is 13.5 Å². The Balaban J connectivity index is 1.82. The van der Waals surface area contributed by atoms with E-state index in [1.165, 1.54) is 17.4 Å². The molecule has 0 N–H and O–H groups in total. The minimum absolute atomic E-state index is 0.0455. The number of hydrogen-bond acceptors (Lipinski definition) is 4. The maximum absolute atomic E-state index is 13.4. The van der Waals surface area contributed by atoms with E-state index in [1.807, 2.05) is 11.4 Å². The van der Waals surface area contributed by atoms with Crippen LogP contribution in [0.2, 0.25) is 5.15 Å². The Morgan fingerprint density at radius 2 is 2.05 bits per heavy atom. The molecule has 0 saturated carbocycles. The lowest BCUT2D eigenvalue weighted by Crippen LogP contribution is -2.03. The summed E-state index contributed by atoms with van der Waals surface area (Å²) in [5.41, 5.74) is 0. The van der Waals surface area contributed by atoms with Crippen LogP contribution in [0.4, 0.5) is 8.78 Å². The summed E-state index contributed by atoms with van der Waals surface area (Å²) in [7, 11) is 0. The first-order chi connectivity index (χ1) is 9.63. The number of benzene rings is 1. The van der Waals surface area contributed by atoms with Crippen molar-refractivity contribution in [3.63, 3.8) is 0 Å². The van der Waals surface area contributed by atoms with Gasteiger partial charge in [-0.2, -0.15) is 0 Å². The molecule has 0 unspecified atom stereocenters. The van der Waals surface area contributed by atoms with E-state index in [-0.39, 0.29) is 12.4 Å². The van der Waals surface area contributed by atoms with Gasteiger partial charge < -0.3 is 4.74 Å². The number of rotatable bonds is 3. The molecule has 3 aromatic rings. The fourth-order valence-electron chi connectivity index (χ4n) is 1.66. The van der Waals surface area contributed by atoms with E-state index in [0.717, 1.165) is 22.3 Å². The summed E-state index contributed by atoms with van der Waals surface area (Å²) < 4.78 is 31.4. The Morgan fingerprint density at radius 3 is 2.85 bits per heavy atom. The van der Waals surface area contributed by atoms with Gasteiger partial charge in [0.25, 0.3) is 0 Å². The first kappa shape index (κ1) is 13.2. The van der Waals surface area contributed by atoms with Gasteiger partial charge in [0.1, 0.15) is 22.4 Å². The predicted octanol–water partition coefficient (Wildman–Crippen LogP) is 4.20. The number of aromatic nitrogens is 2. The number of nitrogens with zero attached hydrogens (tertiary/aromatic N) is 2. The number of hydrogen-bond donors (Lipinski definition) is 0. The van der Waals surface area contributed by atoms with Crippen molar-refractivity contribution in [3.05, 3.63) is 52.3 Å². The molecule has 0 spiro atoms. The van der Waals surface area contributed by atoms with Crippen LogP contribution in [0.1, 0.15) is 5.82 Å². The highest BCUT2D eigenvalue weighted by Gasteiger charge is 2.09. The van der Waals surface area contributed by atoms with Gasteiger partial charge in [-0.15, -0.1) is 11.3 Å². The van der Waals surface area contributed by atoms with Crippen LogP contribution in [-0.2, 0) is 6.61 Å². The zero-order chi connectivity index (χ0) is 14.1. The highest BCUT2D eigenvalue weighted by atomic mass is 35.5. The second kappa shape index (κ2) is 5.30. The Labute approximate surface area is 121 Å². The molecule has 3 rings (SSSR count). The van der Waals surface area contributed by atoms with Crippen molar-refractivity contribution in [3.8, 4) is 5.75 Å². The predicted molar refractivity (Wildman–Crippen MR) is 73.1 cm³/mol. The van der Waals surface area contributed by atoms with Crippen LogP contribution in [0.25, 0.3) is 10.2 Å². The largest absolute Gasteiger partial charge is 0.483 e. The molecule has 0 saturated heterocycles. The third kappa shape index (κ3) is 2.57. The molecular weight excluding hydrogens is 306 g/mol. The summed E-state index contributed by atoms with van der Waals surface area (Å²) in [5, 5.41) is 2.96. The van der Waals surface area contributed by atoms with Gasteiger partial charge in [0.2, 0.25) is 0 Å². The zero-order valence-corrected chi connectivity index (χ0v) is 11.5. The van der Waals surface area contributed by atoms with E-state index in [4.69, 9.17) is 16.3 Å². The summed E-state index contributed by atoms with van der Waals surface area (Å²) >= 11 is 7.44. The standard InChI is InChI=1S/C13H7ClF2N2OS/c14-12-8-3-4-20-13(8)18-11(17-12)6-19-10-2-1-7(15)5-9(10)16/h1-5H,6H2. The summed E-state index contributed by atoms with van der Waals surface area (Å²) in [5.74, 6) is -1.14. The lowest BCUT2D eigenvalue weighted by Gasteiger charge is -2.06. The second-order valence-electron chi connectivity index (χ2n) is 3.93. The number of halogens is 3. The molecule has 0 atom stereocenters. The normalized spacial score (nSPS) is 10.9. The molecule has 1 aromatic carbocycles. The Bertz CT molecular complexity index is 778. The Hall–Kier alpha value is -1.79. The highest BCUT2D eigenvalue weighted by molar-refractivity contribution is 7.16. The van der Waals surface area contributed by atoms with Crippen molar-refractivity contribution in [1.29, 1.82) is 0 Å². The van der Waals surface area contributed by atoms with Crippen molar-refractivity contribution in [1.82, 2.24) is 9.97 Å². The van der Waals surface area contributed by atoms with E-state index >= 15 is 0 Å². The average Bonchev–Trinajstić information content (AvgIpc) is 2.86. The van der Waals surface area contributed by atoms with Gasteiger partial charge in [-0.3, -0.25) is 0 Å². The fraction of sp³-hybridized carbons (Fsp3) is 0.0769. The third-order valence-corrected chi connectivity index (χ3v) is 3.67. The van der Waals surface area contributed by atoms with Gasteiger partial charge in [0.15, 0.2) is 17.4 Å². The molecule has 0 aliphatic carbocycles. The quantitative estimate of drug-likeness (QED) is 0.680. The smallest absolute Gasteiger partial charge is 0.169 e. The van der Waals surface area contributed by atoms with E-state index in [1.54, 1.807) is 0 Å². The van der Waals surface area contributed by atoms with Crippen LogP contribution in [0.3, 0.4) is 0 Å². The minimum Gasteiger partial charge on any atom is -0.483 e. The van der Waals surface area contributed by atoms with Crippen LogP contribution < -0.4 is 4.74 Å². The highest BCUT2D eigenvalue weighted by Crippen LogP contribution is 2.25. The summed E-state index contributed by atoms with van der Waals surface area (Å²) in [6.07, 6.45) is 0. The lowest BCUT2D eigenvalue weighted by molar-refractivity contribution is 0.280. The topological polar surface area (TPSA) is 35.0 Å². The molecule has 0 aliphatic heterocycles. The molecule has 0 amide bonds. The Morgan fingerprint density at radius 1 is 1.20 bits per heavy atom. The molecule has 0 bridgehead atoms. The molecule has 0 radical (unpaired) electrons. The van der Waals surface area contributed by atoms with Gasteiger partial charge in [-0.25, -0.2) is 18.7 Å². The van der Waals surface area contributed by atoms with E-state index in [0.29, 0.717) is 11.0 Å². The third-order valence-electron chi connectivity index (χ3n) is 2.58. The molecule has 2 heterocycles. The molecule has 0 fully saturated rings. The van der Waals surface area contributed by atoms with Gasteiger partial charge >= 0.3 is 0 Å². The fourth-order valence-corrected chi connectivity index (χ4v) is 2.75. The number of thiophene rings is 1. The van der Waals surface area contributed by atoms with Crippen molar-refractivity contribution in [2.45, 2.75) is 6.61 Å². The van der Waals surface area contributed by atoms with Gasteiger partial charge in [0.05, 0.1) is 0 Å². The number of ether oxygens (including phenoxy) is 1. The van der Waals surface area contributed by atoms with Crippen LogP contribution in [0.5, 0.6) is 5.75 Å². The average molecular weight is 313 g/mol. The van der Waals surface area contributed by atoms with Crippen LogP contribution in [0, 0.1) is 11.6 Å². The monoisotopic (exact) mass is 312 g/mol. The summed E-state index contributed by atoms with van der Waals surface area (Å²) in [4.78, 5) is 9.07. The maximum Gasteiger partial charge on any atom is 0.169 e. The SMILES string of the molecule is Fc1ccc(OCc2nc(Cl)c3ccsc3n2)c(F)c1.